The molecule has 4 heteroatoms. The third-order valence-electron chi connectivity index (χ3n) is 2.66. The number of fused-ring (bicyclic) bond motifs is 1. The lowest BCUT2D eigenvalue weighted by Crippen LogP contribution is -1.92. The lowest BCUT2D eigenvalue weighted by Gasteiger charge is -2.02. The van der Waals surface area contributed by atoms with E-state index in [-0.39, 0.29) is 5.75 Å². The number of phenols is 1. The average molecular weight is 225 g/mol. The van der Waals surface area contributed by atoms with Crippen LogP contribution in [0.15, 0.2) is 42.7 Å². The van der Waals surface area contributed by atoms with Crippen LogP contribution in [-0.2, 0) is 0 Å². The molecule has 0 fully saturated rings. The Bertz CT molecular complexity index is 688. The molecule has 0 saturated carbocycles. The zero-order valence-corrected chi connectivity index (χ0v) is 9.33. The summed E-state index contributed by atoms with van der Waals surface area (Å²) in [5, 5.41) is 9.48. The number of aryl methyl sites for hydroxylation is 1. The van der Waals surface area contributed by atoms with Gasteiger partial charge in [0.1, 0.15) is 5.75 Å². The van der Waals surface area contributed by atoms with Crippen LogP contribution in [0.2, 0.25) is 0 Å². The van der Waals surface area contributed by atoms with Crippen LogP contribution >= 0.6 is 0 Å². The lowest BCUT2D eigenvalue weighted by atomic mass is 10.1. The molecule has 4 nitrogen and oxygen atoms in total. The van der Waals surface area contributed by atoms with E-state index in [0.29, 0.717) is 5.78 Å². The summed E-state index contributed by atoms with van der Waals surface area (Å²) in [5.74, 6) is 0.917. The molecular formula is C13H11N3O. The highest BCUT2D eigenvalue weighted by Crippen LogP contribution is 2.23. The number of phenolic OH excluding ortho intramolecular Hbond substituents is 1. The predicted octanol–water partition coefficient (Wildman–Crippen LogP) is 2.41. The van der Waals surface area contributed by atoms with Crippen molar-refractivity contribution in [2.24, 2.45) is 0 Å². The van der Waals surface area contributed by atoms with Crippen molar-refractivity contribution in [2.45, 2.75) is 6.92 Å². The van der Waals surface area contributed by atoms with E-state index in [4.69, 9.17) is 0 Å². The van der Waals surface area contributed by atoms with Crippen LogP contribution in [-0.4, -0.2) is 19.5 Å². The highest BCUT2D eigenvalue weighted by atomic mass is 16.3. The third-order valence-corrected chi connectivity index (χ3v) is 2.66. The van der Waals surface area contributed by atoms with Crippen LogP contribution in [0.25, 0.3) is 17.0 Å². The van der Waals surface area contributed by atoms with E-state index in [1.54, 1.807) is 18.3 Å². The van der Waals surface area contributed by atoms with E-state index in [2.05, 4.69) is 9.97 Å². The molecule has 0 aliphatic rings. The summed E-state index contributed by atoms with van der Waals surface area (Å²) in [5.41, 5.74) is 2.78. The number of imidazole rings is 1. The molecule has 0 radical (unpaired) electrons. The summed E-state index contributed by atoms with van der Waals surface area (Å²) < 4.78 is 1.90. The molecule has 17 heavy (non-hydrogen) atoms. The maximum atomic E-state index is 9.48. The van der Waals surface area contributed by atoms with E-state index in [0.717, 1.165) is 17.0 Å². The van der Waals surface area contributed by atoms with Gasteiger partial charge in [-0.2, -0.15) is 0 Å². The number of aromatic hydroxyl groups is 1. The fourth-order valence-electron chi connectivity index (χ4n) is 1.84. The van der Waals surface area contributed by atoms with Gasteiger partial charge in [-0.05, 0) is 25.1 Å². The number of benzene rings is 1. The second-order valence-electron chi connectivity index (χ2n) is 3.93. The van der Waals surface area contributed by atoms with Crippen molar-refractivity contribution in [1.82, 2.24) is 14.4 Å². The Morgan fingerprint density at radius 1 is 1.24 bits per heavy atom. The second kappa shape index (κ2) is 3.59. The Balaban J connectivity index is 2.24. The van der Waals surface area contributed by atoms with Crippen molar-refractivity contribution in [1.29, 1.82) is 0 Å². The summed E-state index contributed by atoms with van der Waals surface area (Å²) in [7, 11) is 0. The van der Waals surface area contributed by atoms with Gasteiger partial charge in [0.25, 0.3) is 0 Å². The number of nitrogens with zero attached hydrogens (tertiary/aromatic N) is 3. The highest BCUT2D eigenvalue weighted by molar-refractivity contribution is 5.63. The summed E-state index contributed by atoms with van der Waals surface area (Å²) in [6.45, 7) is 1.93. The minimum atomic E-state index is 0.248. The minimum Gasteiger partial charge on any atom is -0.508 e. The molecular weight excluding hydrogens is 214 g/mol. The van der Waals surface area contributed by atoms with Gasteiger partial charge in [0.2, 0.25) is 5.78 Å². The molecule has 0 unspecified atom stereocenters. The van der Waals surface area contributed by atoms with Gasteiger partial charge >= 0.3 is 0 Å². The van der Waals surface area contributed by atoms with Gasteiger partial charge in [0.05, 0.1) is 11.9 Å². The first-order valence-corrected chi connectivity index (χ1v) is 5.34. The number of hydrogen-bond acceptors (Lipinski definition) is 3. The minimum absolute atomic E-state index is 0.248. The van der Waals surface area contributed by atoms with E-state index < -0.39 is 0 Å². The van der Waals surface area contributed by atoms with Gasteiger partial charge in [0.15, 0.2) is 0 Å². The van der Waals surface area contributed by atoms with Gasteiger partial charge < -0.3 is 5.11 Å². The molecule has 0 aliphatic carbocycles. The van der Waals surface area contributed by atoms with Gasteiger partial charge in [0, 0.05) is 17.5 Å². The van der Waals surface area contributed by atoms with Crippen LogP contribution in [0.1, 0.15) is 5.69 Å². The molecule has 1 N–H and O–H groups in total. The topological polar surface area (TPSA) is 50.4 Å². The standard InChI is InChI=1S/C13H11N3O/c1-9-5-6-16-12(8-14-13(16)15-9)10-3-2-4-11(17)7-10/h2-8,17H,1H3. The first-order chi connectivity index (χ1) is 8.24. The number of hydrogen-bond donors (Lipinski definition) is 1. The summed E-state index contributed by atoms with van der Waals surface area (Å²) in [6.07, 6.45) is 3.70. The van der Waals surface area contributed by atoms with Crippen LogP contribution in [0, 0.1) is 6.92 Å². The van der Waals surface area contributed by atoms with E-state index in [1.807, 2.05) is 35.7 Å². The van der Waals surface area contributed by atoms with Crippen LogP contribution in [0.3, 0.4) is 0 Å². The van der Waals surface area contributed by atoms with Crippen LogP contribution in [0.4, 0.5) is 0 Å². The molecule has 2 heterocycles. The fraction of sp³-hybridized carbons (Fsp3) is 0.0769. The highest BCUT2D eigenvalue weighted by Gasteiger charge is 2.06. The number of rotatable bonds is 1. The van der Waals surface area contributed by atoms with Crippen LogP contribution < -0.4 is 0 Å². The molecule has 3 rings (SSSR count). The van der Waals surface area contributed by atoms with Crippen molar-refractivity contribution in [3.8, 4) is 17.0 Å². The first-order valence-electron chi connectivity index (χ1n) is 5.34. The van der Waals surface area contributed by atoms with Crippen molar-refractivity contribution in [3.05, 3.63) is 48.4 Å². The Kier molecular flexibility index (Phi) is 2.08. The molecule has 0 bridgehead atoms. The molecule has 0 spiro atoms. The normalized spacial score (nSPS) is 10.9. The van der Waals surface area contributed by atoms with Crippen LogP contribution in [0.5, 0.6) is 5.75 Å². The molecule has 0 saturated heterocycles. The third kappa shape index (κ3) is 1.63. The van der Waals surface area contributed by atoms with Gasteiger partial charge in [-0.3, -0.25) is 4.40 Å². The van der Waals surface area contributed by atoms with Crippen molar-refractivity contribution >= 4 is 5.78 Å². The molecule has 3 aromatic rings. The zero-order chi connectivity index (χ0) is 11.8. The monoisotopic (exact) mass is 225 g/mol. The Labute approximate surface area is 98.2 Å². The Morgan fingerprint density at radius 2 is 2.12 bits per heavy atom. The van der Waals surface area contributed by atoms with E-state index >= 15 is 0 Å². The predicted molar refractivity (Wildman–Crippen MR) is 64.8 cm³/mol. The van der Waals surface area contributed by atoms with Crippen molar-refractivity contribution in [3.63, 3.8) is 0 Å². The quantitative estimate of drug-likeness (QED) is 0.691. The molecule has 0 atom stereocenters. The molecule has 0 aliphatic heterocycles. The van der Waals surface area contributed by atoms with Gasteiger partial charge in [-0.25, -0.2) is 9.97 Å². The first kappa shape index (κ1) is 9.84. The second-order valence-corrected chi connectivity index (χ2v) is 3.93. The van der Waals surface area contributed by atoms with Crippen molar-refractivity contribution < 1.29 is 5.11 Å². The van der Waals surface area contributed by atoms with Gasteiger partial charge in [-0.1, -0.05) is 12.1 Å². The van der Waals surface area contributed by atoms with Gasteiger partial charge in [-0.15, -0.1) is 0 Å². The average Bonchev–Trinajstić information content (AvgIpc) is 2.71. The Morgan fingerprint density at radius 3 is 2.94 bits per heavy atom. The molecule has 2 aromatic heterocycles. The Hall–Kier alpha value is -2.36. The maximum absolute atomic E-state index is 9.48. The smallest absolute Gasteiger partial charge is 0.234 e. The molecule has 1 aromatic carbocycles. The number of aromatic nitrogens is 3. The lowest BCUT2D eigenvalue weighted by molar-refractivity contribution is 0.475. The largest absolute Gasteiger partial charge is 0.508 e. The zero-order valence-electron chi connectivity index (χ0n) is 9.33. The maximum Gasteiger partial charge on any atom is 0.234 e. The summed E-state index contributed by atoms with van der Waals surface area (Å²) in [6, 6.07) is 9.04. The molecule has 0 amide bonds. The van der Waals surface area contributed by atoms with E-state index in [1.165, 1.54) is 0 Å². The van der Waals surface area contributed by atoms with E-state index in [9.17, 15) is 5.11 Å². The van der Waals surface area contributed by atoms with Crippen molar-refractivity contribution in [2.75, 3.05) is 0 Å². The summed E-state index contributed by atoms with van der Waals surface area (Å²) >= 11 is 0. The SMILES string of the molecule is Cc1ccn2c(-c3cccc(O)c3)cnc2n1. The summed E-state index contributed by atoms with van der Waals surface area (Å²) in [4.78, 5) is 8.59. The fourth-order valence-corrected chi connectivity index (χ4v) is 1.84. The molecule has 84 valence electrons.